The van der Waals surface area contributed by atoms with Crippen LogP contribution in [0.5, 0.6) is 17.2 Å². The fourth-order valence-electron chi connectivity index (χ4n) is 9.57. The zero-order valence-corrected chi connectivity index (χ0v) is 68.0. The second-order valence-corrected chi connectivity index (χ2v) is 35.1. The third kappa shape index (κ3) is 33.4. The van der Waals surface area contributed by atoms with Crippen molar-refractivity contribution in [1.29, 1.82) is 0 Å². The maximum atomic E-state index is 13.3. The highest BCUT2D eigenvalue weighted by atomic mass is 35.5. The van der Waals surface area contributed by atoms with Gasteiger partial charge in [0.25, 0.3) is 0 Å². The first kappa shape index (κ1) is 87.4. The number of aryl methyl sites for hydroxylation is 7. The average molecular weight is 1360 g/mol. The van der Waals surface area contributed by atoms with Gasteiger partial charge in [0.1, 0.15) is 23.1 Å². The van der Waals surface area contributed by atoms with Crippen molar-refractivity contribution in [2.75, 3.05) is 0 Å². The lowest BCUT2D eigenvalue weighted by atomic mass is 9.86. The van der Waals surface area contributed by atoms with E-state index in [1.54, 1.807) is 12.1 Å². The molecule has 0 aliphatic rings. The molecule has 0 heterocycles. The molecule has 0 aliphatic heterocycles. The lowest BCUT2D eigenvalue weighted by molar-refractivity contribution is 0.469. The highest BCUT2D eigenvalue weighted by molar-refractivity contribution is 6.31. The Kier molecular flexibility index (Phi) is 33.3. The molecular formula is C95H128ClFO2. The van der Waals surface area contributed by atoms with E-state index in [4.69, 9.17) is 22.8 Å². The number of aromatic hydroxyl groups is 1. The number of halogens is 2. The summed E-state index contributed by atoms with van der Waals surface area (Å²) in [6.07, 6.45) is 5.31. The molecule has 2 nitrogen and oxygen atoms in total. The first-order chi connectivity index (χ1) is 45.2. The Balaban J connectivity index is 0.000000387. The van der Waals surface area contributed by atoms with E-state index in [1.807, 2.05) is 102 Å². The third-order valence-corrected chi connectivity index (χ3v) is 17.0. The molecule has 9 rings (SSSR count). The van der Waals surface area contributed by atoms with Crippen LogP contribution < -0.4 is 4.74 Å². The number of ether oxygens (including phenoxy) is 1. The molecular weight excluding hydrogens is 1230 g/mol. The van der Waals surface area contributed by atoms with Crippen LogP contribution in [0.25, 0.3) is 0 Å². The zero-order chi connectivity index (χ0) is 75.9. The minimum absolute atomic E-state index is 0.101. The monoisotopic (exact) mass is 1350 g/mol. The largest absolute Gasteiger partial charge is 0.508 e. The molecule has 0 aliphatic carbocycles. The van der Waals surface area contributed by atoms with E-state index in [0.29, 0.717) is 5.75 Å². The summed E-state index contributed by atoms with van der Waals surface area (Å²) in [4.78, 5) is 0. The Morgan fingerprint density at radius 1 is 0.313 bits per heavy atom. The van der Waals surface area contributed by atoms with Gasteiger partial charge in [-0.05, 0) is 202 Å². The zero-order valence-electron chi connectivity index (χ0n) is 67.2. The first-order valence-corrected chi connectivity index (χ1v) is 35.6. The van der Waals surface area contributed by atoms with E-state index in [2.05, 4.69) is 300 Å². The highest BCUT2D eigenvalue weighted by Gasteiger charge is 2.20. The molecule has 0 saturated carbocycles. The first-order valence-electron chi connectivity index (χ1n) is 35.2. The molecule has 0 aromatic heterocycles. The molecule has 534 valence electrons. The van der Waals surface area contributed by atoms with Gasteiger partial charge in [0.05, 0.1) is 0 Å². The summed E-state index contributed by atoms with van der Waals surface area (Å²) in [7, 11) is 0. The van der Waals surface area contributed by atoms with E-state index in [-0.39, 0.29) is 49.1 Å². The summed E-state index contributed by atoms with van der Waals surface area (Å²) in [5.74, 6) is 4.69. The highest BCUT2D eigenvalue weighted by Crippen LogP contribution is 2.32. The van der Waals surface area contributed by atoms with E-state index < -0.39 is 0 Å². The van der Waals surface area contributed by atoms with Crippen LogP contribution in [-0.2, 0) is 43.3 Å². The molecule has 0 atom stereocenters. The van der Waals surface area contributed by atoms with Crippen molar-refractivity contribution in [2.45, 2.75) is 258 Å². The lowest BCUT2D eigenvalue weighted by Gasteiger charge is -2.20. The van der Waals surface area contributed by atoms with Gasteiger partial charge in [-0.1, -0.05) is 357 Å². The quantitative estimate of drug-likeness (QED) is 0.175. The molecule has 99 heavy (non-hydrogen) atoms. The van der Waals surface area contributed by atoms with Crippen LogP contribution in [0.1, 0.15) is 255 Å². The number of phenolic OH excluding ortho intramolecular Hbond substituents is 1. The second-order valence-electron chi connectivity index (χ2n) is 34.7. The summed E-state index contributed by atoms with van der Waals surface area (Å²) in [6.45, 7) is 66.9. The van der Waals surface area contributed by atoms with Crippen LogP contribution in [0, 0.1) is 66.6 Å². The number of terminal acetylenes is 1. The van der Waals surface area contributed by atoms with Gasteiger partial charge in [-0.25, -0.2) is 4.39 Å². The molecule has 0 radical (unpaired) electrons. The Morgan fingerprint density at radius 2 is 0.646 bits per heavy atom. The molecule has 0 bridgehead atoms. The van der Waals surface area contributed by atoms with E-state index in [0.717, 1.165) is 44.3 Å². The minimum atomic E-state index is -0.104. The summed E-state index contributed by atoms with van der Waals surface area (Å²) < 4.78 is 19.1. The van der Waals surface area contributed by atoms with E-state index >= 15 is 0 Å². The summed E-state index contributed by atoms with van der Waals surface area (Å²) in [6, 6.07) is 67.9. The SMILES string of the molecule is C#Cc1cccc(C(C)(C)C)c1.Cc1cc(C(C)(C)C)ccc1Cl.Cc1cc(C(C)(C)C)ccc1O.Cc1ccc(C(C)(C)C)cc1.Cc1ccc(F)c(C(C)(C)C)c1.Cc1ccc(Oc2cccc(C(C)(C)C)c2)cc1.Cc1cccc(C(C)(C)C)c1.Cc1cccc(C(C)(C)C)c1. The van der Waals surface area contributed by atoms with Gasteiger partial charge in [-0.15, -0.1) is 6.42 Å². The fourth-order valence-corrected chi connectivity index (χ4v) is 9.69. The summed E-state index contributed by atoms with van der Waals surface area (Å²) in [5.41, 5.74) is 21.1. The minimum Gasteiger partial charge on any atom is -0.508 e. The number of phenols is 1. The molecule has 0 spiro atoms. The van der Waals surface area contributed by atoms with Crippen molar-refractivity contribution in [3.8, 4) is 29.6 Å². The van der Waals surface area contributed by atoms with Crippen molar-refractivity contribution >= 4 is 11.6 Å². The van der Waals surface area contributed by atoms with Gasteiger partial charge in [-0.2, -0.15) is 0 Å². The number of rotatable bonds is 2. The maximum absolute atomic E-state index is 13.3. The molecule has 4 heteroatoms. The third-order valence-electron chi connectivity index (χ3n) is 16.6. The van der Waals surface area contributed by atoms with Crippen molar-refractivity contribution in [2.24, 2.45) is 0 Å². The number of benzene rings is 9. The molecule has 0 amide bonds. The van der Waals surface area contributed by atoms with Crippen LogP contribution in [0.3, 0.4) is 0 Å². The number of hydrogen-bond acceptors (Lipinski definition) is 2. The lowest BCUT2D eigenvalue weighted by Crippen LogP contribution is -2.13. The van der Waals surface area contributed by atoms with Crippen molar-refractivity contribution in [3.63, 3.8) is 0 Å². The Bertz CT molecular complexity index is 3810. The molecule has 0 saturated heterocycles. The van der Waals surface area contributed by atoms with Gasteiger partial charge in [0.2, 0.25) is 0 Å². The second kappa shape index (κ2) is 37.7. The van der Waals surface area contributed by atoms with E-state index in [1.165, 1.54) is 67.3 Å². The fraction of sp³-hybridized carbons (Fsp3) is 0.411. The van der Waals surface area contributed by atoms with Crippen LogP contribution in [-0.4, -0.2) is 5.11 Å². The molecule has 9 aromatic rings. The smallest absolute Gasteiger partial charge is 0.127 e. The molecule has 0 fully saturated rings. The standard InChI is InChI=1S/C17H20O.C12H14.C11H15Cl.C11H15F.C11H16O.3C11H16/c1-13-8-10-15(11-9-13)18-16-7-5-6-14(12-16)17(2,3)4;1-5-10-7-6-8-11(9-10)12(2,3)4;1-8-7-9(11(2,3)4)5-6-10(8)12;1-8-5-6-10(12)9(7-8)11(2,3)4;1-8-7-9(11(2,3)4)5-6-10(8)12;1-9-5-7-10(8-6-9)11(2,3)4;2*1-9-6-5-7-10(8-9)11(2,3)4/h5-12H,1-4H3;1,6-9H,2-4H3;2*5-7H,1-4H3;5-7,12H,1-4H3;3*5-8H,1-4H3. The average Bonchev–Trinajstić information content (AvgIpc) is 0.858. The van der Waals surface area contributed by atoms with Crippen LogP contribution in [0.15, 0.2) is 200 Å². The van der Waals surface area contributed by atoms with Gasteiger partial charge >= 0.3 is 0 Å². The van der Waals surface area contributed by atoms with Crippen LogP contribution in [0.4, 0.5) is 4.39 Å². The van der Waals surface area contributed by atoms with Gasteiger partial charge < -0.3 is 9.84 Å². The maximum Gasteiger partial charge on any atom is 0.127 e. The molecule has 0 unspecified atom stereocenters. The Hall–Kier alpha value is -7.64. The van der Waals surface area contributed by atoms with Crippen molar-refractivity contribution < 1.29 is 14.2 Å². The number of hydrogen-bond donors (Lipinski definition) is 1. The van der Waals surface area contributed by atoms with Crippen LogP contribution >= 0.6 is 11.6 Å². The predicted octanol–water partition coefficient (Wildman–Crippen LogP) is 28.3. The predicted molar refractivity (Wildman–Crippen MR) is 435 cm³/mol. The Morgan fingerprint density at radius 3 is 1.01 bits per heavy atom. The summed E-state index contributed by atoms with van der Waals surface area (Å²) in [5, 5.41) is 10.2. The summed E-state index contributed by atoms with van der Waals surface area (Å²) >= 11 is 5.93. The van der Waals surface area contributed by atoms with Gasteiger partial charge in [0, 0.05) is 10.6 Å². The van der Waals surface area contributed by atoms with Crippen molar-refractivity contribution in [3.05, 3.63) is 300 Å². The normalized spacial score (nSPS) is 11.5. The topological polar surface area (TPSA) is 29.5 Å². The molecule has 1 N–H and O–H groups in total. The molecule has 9 aromatic carbocycles. The van der Waals surface area contributed by atoms with Crippen LogP contribution in [0.2, 0.25) is 5.02 Å². The van der Waals surface area contributed by atoms with Crippen molar-refractivity contribution in [1.82, 2.24) is 0 Å². The van der Waals surface area contributed by atoms with E-state index in [9.17, 15) is 9.50 Å². The Labute approximate surface area is 609 Å². The van der Waals surface area contributed by atoms with Gasteiger partial charge in [0.15, 0.2) is 0 Å². The van der Waals surface area contributed by atoms with Gasteiger partial charge in [-0.3, -0.25) is 0 Å².